The smallest absolute Gasteiger partial charge is 0.145 e. The fourth-order valence-electron chi connectivity index (χ4n) is 1.74. The van der Waals surface area contributed by atoms with E-state index in [1.54, 1.807) is 0 Å². The first-order valence-corrected chi connectivity index (χ1v) is 6.84. The molecule has 0 aliphatic heterocycles. The Kier molecular flexibility index (Phi) is 4.02. The molecule has 0 saturated carbocycles. The molecule has 0 fully saturated rings. The van der Waals surface area contributed by atoms with Crippen LogP contribution in [-0.2, 0) is 6.54 Å². The molecule has 0 saturated heterocycles. The van der Waals surface area contributed by atoms with Crippen molar-refractivity contribution in [3.63, 3.8) is 0 Å². The number of hydrogen-bond donors (Lipinski definition) is 0. The van der Waals surface area contributed by atoms with Gasteiger partial charge in [-0.3, -0.25) is 0 Å². The van der Waals surface area contributed by atoms with Crippen LogP contribution in [0.4, 0.5) is 0 Å². The summed E-state index contributed by atoms with van der Waals surface area (Å²) in [6, 6.07) is 0. The minimum absolute atomic E-state index is 0.545. The number of aryl methyl sites for hydroxylation is 1. The number of rotatable bonds is 4. The maximum absolute atomic E-state index is 6.07. The van der Waals surface area contributed by atoms with Gasteiger partial charge >= 0.3 is 0 Å². The lowest BCUT2D eigenvalue weighted by Gasteiger charge is -2.03. The van der Waals surface area contributed by atoms with E-state index in [1.807, 2.05) is 0 Å². The molecule has 0 aliphatic rings. The van der Waals surface area contributed by atoms with Crippen molar-refractivity contribution < 1.29 is 0 Å². The average Bonchev–Trinajstić information content (AvgIpc) is 2.58. The molecule has 2 aromatic rings. The molecule has 2 rings (SSSR count). The highest BCUT2D eigenvalue weighted by Crippen LogP contribution is 2.26. The minimum atomic E-state index is 0.545. The zero-order valence-electron chi connectivity index (χ0n) is 9.08. The average molecular weight is 350 g/mol. The quantitative estimate of drug-likeness (QED) is 0.476. The van der Waals surface area contributed by atoms with Gasteiger partial charge in [0.2, 0.25) is 0 Å². The Hall–Kier alpha value is -0.360. The van der Waals surface area contributed by atoms with Gasteiger partial charge in [-0.05, 0) is 29.0 Å². The molecule has 0 aliphatic carbocycles. The number of fused-ring (bicyclic) bond motifs is 1. The highest BCUT2D eigenvalue weighted by Gasteiger charge is 2.11. The summed E-state index contributed by atoms with van der Waals surface area (Å²) in [5.74, 6) is 0. The van der Waals surface area contributed by atoms with Crippen LogP contribution in [0, 0.1) is 3.57 Å². The second-order valence-corrected chi connectivity index (χ2v) is 5.26. The van der Waals surface area contributed by atoms with Crippen molar-refractivity contribution >= 4 is 45.2 Å². The van der Waals surface area contributed by atoms with E-state index in [0.717, 1.165) is 21.1 Å². The van der Waals surface area contributed by atoms with E-state index in [4.69, 9.17) is 11.6 Å². The van der Waals surface area contributed by atoms with Gasteiger partial charge in [-0.15, -0.1) is 0 Å². The third-order valence-corrected chi connectivity index (χ3v) is 3.67. The zero-order chi connectivity index (χ0) is 11.5. The molecule has 3 nitrogen and oxygen atoms in total. The summed E-state index contributed by atoms with van der Waals surface area (Å²) in [5.41, 5.74) is 0.945. The minimum Gasteiger partial charge on any atom is -0.331 e. The van der Waals surface area contributed by atoms with Crippen molar-refractivity contribution in [1.82, 2.24) is 14.5 Å². The summed E-state index contributed by atoms with van der Waals surface area (Å²) in [6.45, 7) is 3.21. The van der Waals surface area contributed by atoms with Gasteiger partial charge in [0.1, 0.15) is 17.1 Å². The first-order valence-electron chi connectivity index (χ1n) is 5.39. The fraction of sp³-hybridized carbons (Fsp3) is 0.455. The SMILES string of the molecule is CCCCCn1cc(I)c2c(Cl)ncnc21. The summed E-state index contributed by atoms with van der Waals surface area (Å²) >= 11 is 8.35. The van der Waals surface area contributed by atoms with Crippen LogP contribution in [0.15, 0.2) is 12.5 Å². The van der Waals surface area contributed by atoms with Crippen molar-refractivity contribution in [2.24, 2.45) is 0 Å². The Labute approximate surface area is 113 Å². The molecule has 5 heteroatoms. The van der Waals surface area contributed by atoms with Gasteiger partial charge in [-0.25, -0.2) is 9.97 Å². The first-order chi connectivity index (χ1) is 7.74. The second-order valence-electron chi connectivity index (χ2n) is 3.74. The number of hydrogen-bond acceptors (Lipinski definition) is 2. The van der Waals surface area contributed by atoms with Crippen molar-refractivity contribution in [3.8, 4) is 0 Å². The zero-order valence-corrected chi connectivity index (χ0v) is 12.0. The van der Waals surface area contributed by atoms with Crippen molar-refractivity contribution in [1.29, 1.82) is 0 Å². The lowest BCUT2D eigenvalue weighted by molar-refractivity contribution is 0.613. The molecular formula is C11H13ClIN3. The Balaban J connectivity index is 2.36. The fourth-order valence-corrected chi connectivity index (χ4v) is 2.97. The summed E-state index contributed by atoms with van der Waals surface area (Å²) in [5, 5.41) is 1.52. The predicted molar refractivity (Wildman–Crippen MR) is 74.8 cm³/mol. The Morgan fingerprint density at radius 3 is 2.94 bits per heavy atom. The highest BCUT2D eigenvalue weighted by atomic mass is 127. The van der Waals surface area contributed by atoms with E-state index in [9.17, 15) is 0 Å². The van der Waals surface area contributed by atoms with Gasteiger partial charge in [-0.1, -0.05) is 31.4 Å². The molecule has 0 unspecified atom stereocenters. The third kappa shape index (κ3) is 2.32. The van der Waals surface area contributed by atoms with Crippen molar-refractivity contribution in [2.45, 2.75) is 32.7 Å². The highest BCUT2D eigenvalue weighted by molar-refractivity contribution is 14.1. The number of unbranched alkanes of at least 4 members (excludes halogenated alkanes) is 2. The monoisotopic (exact) mass is 349 g/mol. The van der Waals surface area contributed by atoms with Crippen LogP contribution in [-0.4, -0.2) is 14.5 Å². The molecule has 86 valence electrons. The number of halogens is 2. The predicted octanol–water partition coefficient (Wildman–Crippen LogP) is 3.88. The molecule has 16 heavy (non-hydrogen) atoms. The van der Waals surface area contributed by atoms with E-state index in [1.165, 1.54) is 25.6 Å². The van der Waals surface area contributed by atoms with Crippen LogP contribution < -0.4 is 0 Å². The maximum atomic E-state index is 6.07. The summed E-state index contributed by atoms with van der Waals surface area (Å²) < 4.78 is 3.29. The second kappa shape index (κ2) is 5.31. The standard InChI is InChI=1S/C11H13ClIN3/c1-2-3-4-5-16-6-8(13)9-10(12)14-7-15-11(9)16/h6-7H,2-5H2,1H3. The lowest BCUT2D eigenvalue weighted by atomic mass is 10.2. The number of nitrogens with zero attached hydrogens (tertiary/aromatic N) is 3. The normalized spacial score (nSPS) is 11.2. The van der Waals surface area contributed by atoms with Gasteiger partial charge in [0.05, 0.1) is 5.39 Å². The van der Waals surface area contributed by atoms with Crippen molar-refractivity contribution in [2.75, 3.05) is 0 Å². The van der Waals surface area contributed by atoms with Crippen LogP contribution in [0.5, 0.6) is 0 Å². The Morgan fingerprint density at radius 2 is 2.19 bits per heavy atom. The Bertz CT molecular complexity index is 495. The molecule has 2 aromatic heterocycles. The van der Waals surface area contributed by atoms with Gasteiger partial charge in [0.25, 0.3) is 0 Å². The lowest BCUT2D eigenvalue weighted by Crippen LogP contribution is -1.97. The van der Waals surface area contributed by atoms with Crippen LogP contribution in [0.3, 0.4) is 0 Å². The van der Waals surface area contributed by atoms with Gasteiger partial charge in [0, 0.05) is 16.3 Å². The summed E-state index contributed by atoms with van der Waals surface area (Å²) in [7, 11) is 0. The van der Waals surface area contributed by atoms with Crippen LogP contribution in [0.1, 0.15) is 26.2 Å². The van der Waals surface area contributed by atoms with Gasteiger partial charge in [0.15, 0.2) is 0 Å². The largest absolute Gasteiger partial charge is 0.331 e. The maximum Gasteiger partial charge on any atom is 0.145 e. The topological polar surface area (TPSA) is 30.7 Å². The van der Waals surface area contributed by atoms with Crippen molar-refractivity contribution in [3.05, 3.63) is 21.2 Å². The van der Waals surface area contributed by atoms with E-state index >= 15 is 0 Å². The Morgan fingerprint density at radius 1 is 1.38 bits per heavy atom. The summed E-state index contributed by atoms with van der Waals surface area (Å²) in [4.78, 5) is 8.32. The molecule has 0 radical (unpaired) electrons. The molecule has 0 atom stereocenters. The number of aromatic nitrogens is 3. The molecular weight excluding hydrogens is 336 g/mol. The van der Waals surface area contributed by atoms with Gasteiger partial charge in [-0.2, -0.15) is 0 Å². The van der Waals surface area contributed by atoms with E-state index in [0.29, 0.717) is 5.15 Å². The molecule has 0 spiro atoms. The third-order valence-electron chi connectivity index (χ3n) is 2.56. The molecule has 2 heterocycles. The van der Waals surface area contributed by atoms with E-state index < -0.39 is 0 Å². The van der Waals surface area contributed by atoms with Crippen LogP contribution in [0.2, 0.25) is 5.15 Å². The van der Waals surface area contributed by atoms with Crippen LogP contribution >= 0.6 is 34.2 Å². The van der Waals surface area contributed by atoms with E-state index in [-0.39, 0.29) is 0 Å². The molecule has 0 aromatic carbocycles. The summed E-state index contributed by atoms with van der Waals surface area (Å²) in [6.07, 6.45) is 7.28. The molecule has 0 amide bonds. The van der Waals surface area contributed by atoms with Crippen LogP contribution in [0.25, 0.3) is 11.0 Å². The molecule has 0 N–H and O–H groups in total. The molecule has 0 bridgehead atoms. The van der Waals surface area contributed by atoms with Gasteiger partial charge < -0.3 is 4.57 Å². The first kappa shape index (κ1) is 12.1. The van der Waals surface area contributed by atoms with E-state index in [2.05, 4.69) is 50.2 Å².